The number of nitrogens with zero attached hydrogens (tertiary/aromatic N) is 2. The van der Waals surface area contributed by atoms with Crippen molar-refractivity contribution in [1.82, 2.24) is 9.97 Å². The molecular weight excluding hydrogens is 152 g/mol. The van der Waals surface area contributed by atoms with Crippen LogP contribution in [-0.4, -0.2) is 16.6 Å². The predicted molar refractivity (Wildman–Crippen MR) is 46.3 cm³/mol. The van der Waals surface area contributed by atoms with Gasteiger partial charge < -0.3 is 4.74 Å². The van der Waals surface area contributed by atoms with Crippen molar-refractivity contribution >= 4 is 0 Å². The van der Waals surface area contributed by atoms with E-state index < -0.39 is 0 Å². The van der Waals surface area contributed by atoms with E-state index in [1.807, 2.05) is 18.2 Å². The molecule has 0 spiro atoms. The largest absolute Gasteiger partial charge is 0.497 e. The van der Waals surface area contributed by atoms with Crippen molar-refractivity contribution in [2.24, 2.45) is 0 Å². The summed E-state index contributed by atoms with van der Waals surface area (Å²) in [5.74, 6) is 0. The predicted octanol–water partition coefficient (Wildman–Crippen LogP) is 1.56. The Hall–Kier alpha value is -1.64. The first-order valence-corrected chi connectivity index (χ1v) is 3.63. The summed E-state index contributed by atoms with van der Waals surface area (Å²) in [5.41, 5.74) is 0. The fourth-order valence-corrected chi connectivity index (χ4v) is 0.599. The first kappa shape index (κ1) is 8.46. The van der Waals surface area contributed by atoms with Crippen LogP contribution in [0.15, 0.2) is 49.3 Å². The van der Waals surface area contributed by atoms with E-state index in [-0.39, 0.29) is 0 Å². The molecule has 3 heteroatoms. The van der Waals surface area contributed by atoms with Gasteiger partial charge in [-0.05, 0) is 18.2 Å². The molecule has 62 valence electrons. The van der Waals surface area contributed by atoms with Crippen LogP contribution in [-0.2, 0) is 4.74 Å². The maximum atomic E-state index is 4.80. The fourth-order valence-electron chi connectivity index (χ4n) is 0.599. The Morgan fingerprint density at radius 3 is 2.08 bits per heavy atom. The number of rotatable bonds is 0. The lowest BCUT2D eigenvalue weighted by molar-refractivity contribution is 0.286. The highest BCUT2D eigenvalue weighted by Gasteiger charge is 1.75. The molecule has 0 fully saturated rings. The van der Waals surface area contributed by atoms with E-state index in [0.29, 0.717) is 0 Å². The van der Waals surface area contributed by atoms with Gasteiger partial charge in [-0.1, -0.05) is 6.08 Å². The van der Waals surface area contributed by atoms with Crippen molar-refractivity contribution in [3.63, 3.8) is 0 Å². The van der Waals surface area contributed by atoms with Gasteiger partial charge in [0.05, 0.1) is 6.26 Å². The maximum absolute atomic E-state index is 4.80. The van der Waals surface area contributed by atoms with E-state index in [0.717, 1.165) is 6.61 Å². The van der Waals surface area contributed by atoms with Gasteiger partial charge in [-0.25, -0.2) is 9.97 Å². The third kappa shape index (κ3) is 4.22. The highest BCUT2D eigenvalue weighted by molar-refractivity contribution is 5.02. The monoisotopic (exact) mass is 162 g/mol. The molecule has 2 heterocycles. The SMILES string of the molecule is C1=CCOC=C1.c1cncnc1. The van der Waals surface area contributed by atoms with Crippen LogP contribution in [0.3, 0.4) is 0 Å². The summed E-state index contributed by atoms with van der Waals surface area (Å²) in [6.45, 7) is 0.733. The Bertz CT molecular complexity index is 205. The lowest BCUT2D eigenvalue weighted by Crippen LogP contribution is -1.82. The molecule has 0 atom stereocenters. The number of allylic oxidation sites excluding steroid dienone is 2. The zero-order chi connectivity index (χ0) is 8.49. The average molecular weight is 162 g/mol. The normalized spacial score (nSPS) is 12.7. The van der Waals surface area contributed by atoms with Crippen molar-refractivity contribution in [3.05, 3.63) is 49.3 Å². The summed E-state index contributed by atoms with van der Waals surface area (Å²) in [5, 5.41) is 0. The number of hydrogen-bond acceptors (Lipinski definition) is 3. The van der Waals surface area contributed by atoms with E-state index in [9.17, 15) is 0 Å². The minimum absolute atomic E-state index is 0.733. The van der Waals surface area contributed by atoms with Crippen LogP contribution in [0.2, 0.25) is 0 Å². The summed E-state index contributed by atoms with van der Waals surface area (Å²) in [6, 6.07) is 1.78. The van der Waals surface area contributed by atoms with Crippen LogP contribution >= 0.6 is 0 Å². The molecule has 1 aromatic rings. The van der Waals surface area contributed by atoms with Crippen LogP contribution in [0.4, 0.5) is 0 Å². The molecule has 2 rings (SSSR count). The minimum atomic E-state index is 0.733. The second-order valence-corrected chi connectivity index (χ2v) is 1.99. The molecular formula is C9H10N2O. The Morgan fingerprint density at radius 2 is 1.92 bits per heavy atom. The molecule has 0 radical (unpaired) electrons. The van der Waals surface area contributed by atoms with Crippen molar-refractivity contribution in [2.75, 3.05) is 6.61 Å². The molecule has 0 unspecified atom stereocenters. The molecule has 0 saturated heterocycles. The van der Waals surface area contributed by atoms with Crippen LogP contribution in [0.5, 0.6) is 0 Å². The van der Waals surface area contributed by atoms with Crippen LogP contribution in [0.25, 0.3) is 0 Å². The second-order valence-electron chi connectivity index (χ2n) is 1.99. The third-order valence-corrected chi connectivity index (χ3v) is 1.09. The number of aromatic nitrogens is 2. The topological polar surface area (TPSA) is 35.0 Å². The Balaban J connectivity index is 0.000000120. The van der Waals surface area contributed by atoms with Gasteiger partial charge >= 0.3 is 0 Å². The first-order valence-electron chi connectivity index (χ1n) is 3.63. The van der Waals surface area contributed by atoms with E-state index in [1.165, 1.54) is 6.33 Å². The lowest BCUT2D eigenvalue weighted by atomic mass is 10.5. The van der Waals surface area contributed by atoms with Gasteiger partial charge in [-0.3, -0.25) is 0 Å². The number of ether oxygens (including phenoxy) is 1. The highest BCUT2D eigenvalue weighted by Crippen LogP contribution is 1.87. The van der Waals surface area contributed by atoms with Crippen LogP contribution in [0, 0.1) is 0 Å². The van der Waals surface area contributed by atoms with Crippen molar-refractivity contribution in [3.8, 4) is 0 Å². The van der Waals surface area contributed by atoms with E-state index >= 15 is 0 Å². The summed E-state index contributed by atoms with van der Waals surface area (Å²) < 4.78 is 4.80. The molecule has 12 heavy (non-hydrogen) atoms. The van der Waals surface area contributed by atoms with Gasteiger partial charge in [0.2, 0.25) is 0 Å². The van der Waals surface area contributed by atoms with Gasteiger partial charge in [0.1, 0.15) is 12.9 Å². The standard InChI is InChI=1S/C5H6O.C4H4N2/c1-2-4-6-5-3-1;1-2-5-4-6-3-1/h1-4H,5H2;1-4H. The van der Waals surface area contributed by atoms with Crippen molar-refractivity contribution in [2.45, 2.75) is 0 Å². The van der Waals surface area contributed by atoms with E-state index in [1.54, 1.807) is 24.7 Å². The van der Waals surface area contributed by atoms with Gasteiger partial charge in [0.25, 0.3) is 0 Å². The molecule has 0 aromatic carbocycles. The summed E-state index contributed by atoms with van der Waals surface area (Å²) >= 11 is 0. The highest BCUT2D eigenvalue weighted by atomic mass is 16.5. The number of hydrogen-bond donors (Lipinski definition) is 0. The lowest BCUT2D eigenvalue weighted by Gasteiger charge is -1.94. The fraction of sp³-hybridized carbons (Fsp3) is 0.111. The molecule has 1 aliphatic rings. The maximum Gasteiger partial charge on any atom is 0.115 e. The van der Waals surface area contributed by atoms with Crippen molar-refractivity contribution in [1.29, 1.82) is 0 Å². The minimum Gasteiger partial charge on any atom is -0.497 e. The second kappa shape index (κ2) is 6.09. The Morgan fingerprint density at radius 1 is 1.08 bits per heavy atom. The molecule has 0 bridgehead atoms. The summed E-state index contributed by atoms with van der Waals surface area (Å²) in [6.07, 6.45) is 12.3. The molecule has 3 nitrogen and oxygen atoms in total. The van der Waals surface area contributed by atoms with Gasteiger partial charge in [-0.15, -0.1) is 0 Å². The molecule has 0 saturated carbocycles. The van der Waals surface area contributed by atoms with Crippen LogP contribution < -0.4 is 0 Å². The Kier molecular flexibility index (Phi) is 4.30. The average Bonchev–Trinajstić information content (AvgIpc) is 2.24. The molecule has 0 N–H and O–H groups in total. The summed E-state index contributed by atoms with van der Waals surface area (Å²) in [7, 11) is 0. The van der Waals surface area contributed by atoms with E-state index in [2.05, 4.69) is 9.97 Å². The first-order chi connectivity index (χ1) is 6.00. The molecule has 0 amide bonds. The smallest absolute Gasteiger partial charge is 0.115 e. The van der Waals surface area contributed by atoms with E-state index in [4.69, 9.17) is 4.74 Å². The zero-order valence-electron chi connectivity index (χ0n) is 6.63. The zero-order valence-corrected chi connectivity index (χ0v) is 6.63. The van der Waals surface area contributed by atoms with Gasteiger partial charge in [-0.2, -0.15) is 0 Å². The molecule has 1 aromatic heterocycles. The van der Waals surface area contributed by atoms with Gasteiger partial charge in [0, 0.05) is 12.4 Å². The molecule has 0 aliphatic carbocycles. The third-order valence-electron chi connectivity index (χ3n) is 1.09. The van der Waals surface area contributed by atoms with Gasteiger partial charge in [0.15, 0.2) is 0 Å². The van der Waals surface area contributed by atoms with Crippen molar-refractivity contribution < 1.29 is 4.74 Å². The quantitative estimate of drug-likeness (QED) is 0.580. The Labute approximate surface area is 71.4 Å². The summed E-state index contributed by atoms with van der Waals surface area (Å²) in [4.78, 5) is 7.35. The van der Waals surface area contributed by atoms with Crippen LogP contribution in [0.1, 0.15) is 0 Å². The molecule has 1 aliphatic heterocycles.